The molecule has 1 amide bonds. The van der Waals surface area contributed by atoms with Crippen LogP contribution >= 0.6 is 27.5 Å². The van der Waals surface area contributed by atoms with E-state index in [1.165, 1.54) is 0 Å². The van der Waals surface area contributed by atoms with Crippen molar-refractivity contribution in [3.05, 3.63) is 63.6 Å². The first-order valence-electron chi connectivity index (χ1n) is 6.58. The smallest absolute Gasteiger partial charge is 0.252 e. The lowest BCUT2D eigenvalue weighted by Gasteiger charge is -2.19. The number of benzene rings is 2. The summed E-state index contributed by atoms with van der Waals surface area (Å²) in [7, 11) is 1.99. The first-order valence-corrected chi connectivity index (χ1v) is 7.75. The van der Waals surface area contributed by atoms with E-state index in [0.29, 0.717) is 17.1 Å². The molecule has 2 aromatic rings. The Hall–Kier alpha value is -1.52. The van der Waals surface area contributed by atoms with Crippen molar-refractivity contribution in [2.24, 2.45) is 0 Å². The molecule has 5 heteroatoms. The number of nitrogens with zero attached hydrogens (tertiary/aromatic N) is 1. The van der Waals surface area contributed by atoms with Crippen molar-refractivity contribution >= 4 is 39.1 Å². The van der Waals surface area contributed by atoms with E-state index < -0.39 is 0 Å². The monoisotopic (exact) mass is 366 g/mol. The van der Waals surface area contributed by atoms with Crippen LogP contribution in [0.2, 0.25) is 5.02 Å². The number of hydrogen-bond donors (Lipinski definition) is 1. The Bertz CT molecular complexity index is 619. The molecule has 0 aliphatic rings. The quantitative estimate of drug-likeness (QED) is 0.867. The molecule has 1 N–H and O–H groups in total. The van der Waals surface area contributed by atoms with E-state index in [1.54, 1.807) is 12.1 Å². The van der Waals surface area contributed by atoms with Crippen LogP contribution in [0.4, 0.5) is 5.69 Å². The van der Waals surface area contributed by atoms with Gasteiger partial charge < -0.3 is 10.2 Å². The third kappa shape index (κ3) is 4.22. The molecular weight excluding hydrogens is 352 g/mol. The van der Waals surface area contributed by atoms with Gasteiger partial charge >= 0.3 is 0 Å². The SMILES string of the molecule is CN(CCNC(=O)c1cccc(Br)c1Cl)c1ccccc1. The molecule has 0 atom stereocenters. The average molecular weight is 368 g/mol. The Kier molecular flexibility index (Phi) is 5.65. The number of nitrogens with one attached hydrogen (secondary N) is 1. The van der Waals surface area contributed by atoms with Gasteiger partial charge in [-0.15, -0.1) is 0 Å². The molecule has 2 rings (SSSR count). The van der Waals surface area contributed by atoms with E-state index in [9.17, 15) is 4.79 Å². The maximum absolute atomic E-state index is 12.1. The number of halogens is 2. The van der Waals surface area contributed by atoms with Crippen LogP contribution in [0.3, 0.4) is 0 Å². The fourth-order valence-electron chi connectivity index (χ4n) is 1.92. The number of carbonyl (C=O) groups excluding carboxylic acids is 1. The summed E-state index contributed by atoms with van der Waals surface area (Å²) < 4.78 is 0.721. The lowest BCUT2D eigenvalue weighted by molar-refractivity contribution is 0.0955. The van der Waals surface area contributed by atoms with Crippen LogP contribution in [0.5, 0.6) is 0 Å². The van der Waals surface area contributed by atoms with Crippen molar-refractivity contribution < 1.29 is 4.79 Å². The van der Waals surface area contributed by atoms with Crippen LogP contribution in [0, 0.1) is 0 Å². The summed E-state index contributed by atoms with van der Waals surface area (Å²) in [5, 5.41) is 3.32. The molecule has 0 aliphatic heterocycles. The van der Waals surface area contributed by atoms with E-state index in [0.717, 1.165) is 16.7 Å². The molecule has 0 aliphatic carbocycles. The predicted molar refractivity (Wildman–Crippen MR) is 91.2 cm³/mol. The highest BCUT2D eigenvalue weighted by molar-refractivity contribution is 9.10. The van der Waals surface area contributed by atoms with Crippen molar-refractivity contribution in [3.63, 3.8) is 0 Å². The zero-order valence-corrected chi connectivity index (χ0v) is 14.0. The van der Waals surface area contributed by atoms with Gasteiger partial charge in [-0.3, -0.25) is 4.79 Å². The Balaban J connectivity index is 1.89. The molecule has 0 radical (unpaired) electrons. The molecule has 3 nitrogen and oxygen atoms in total. The van der Waals surface area contributed by atoms with Crippen LogP contribution in [-0.4, -0.2) is 26.0 Å². The van der Waals surface area contributed by atoms with E-state index in [-0.39, 0.29) is 5.91 Å². The van der Waals surface area contributed by atoms with Gasteiger partial charge in [-0.2, -0.15) is 0 Å². The molecule has 0 bridgehead atoms. The van der Waals surface area contributed by atoms with E-state index in [2.05, 4.69) is 26.1 Å². The highest BCUT2D eigenvalue weighted by atomic mass is 79.9. The lowest BCUT2D eigenvalue weighted by atomic mass is 10.2. The van der Waals surface area contributed by atoms with Gasteiger partial charge in [0.15, 0.2) is 0 Å². The molecule has 0 saturated heterocycles. The molecule has 0 saturated carbocycles. The average Bonchev–Trinajstić information content (AvgIpc) is 2.50. The van der Waals surface area contributed by atoms with Crippen molar-refractivity contribution in [1.82, 2.24) is 5.32 Å². The van der Waals surface area contributed by atoms with Gasteiger partial charge in [-0.1, -0.05) is 35.9 Å². The Morgan fingerprint density at radius 2 is 1.90 bits per heavy atom. The molecule has 0 heterocycles. The fraction of sp³-hybridized carbons (Fsp3) is 0.188. The number of likely N-dealkylation sites (N-methyl/N-ethyl adjacent to an activating group) is 1. The molecule has 0 fully saturated rings. The standard InChI is InChI=1S/C16H16BrClN2O/c1-20(12-6-3-2-4-7-12)11-10-19-16(21)13-8-5-9-14(17)15(13)18/h2-9H,10-11H2,1H3,(H,19,21). The number of rotatable bonds is 5. The zero-order chi connectivity index (χ0) is 15.2. The van der Waals surface area contributed by atoms with Gasteiger partial charge in [-0.25, -0.2) is 0 Å². The number of hydrogen-bond acceptors (Lipinski definition) is 2. The predicted octanol–water partition coefficient (Wildman–Crippen LogP) is 3.97. The second kappa shape index (κ2) is 7.48. The minimum Gasteiger partial charge on any atom is -0.373 e. The molecular formula is C16H16BrClN2O. The second-order valence-electron chi connectivity index (χ2n) is 4.61. The highest BCUT2D eigenvalue weighted by Gasteiger charge is 2.11. The normalized spacial score (nSPS) is 10.2. The topological polar surface area (TPSA) is 32.3 Å². The zero-order valence-electron chi connectivity index (χ0n) is 11.6. The van der Waals surface area contributed by atoms with Crippen LogP contribution in [0.15, 0.2) is 53.0 Å². The number of amides is 1. The lowest BCUT2D eigenvalue weighted by Crippen LogP contribution is -2.33. The highest BCUT2D eigenvalue weighted by Crippen LogP contribution is 2.25. The number of carbonyl (C=O) groups is 1. The summed E-state index contributed by atoms with van der Waals surface area (Å²) in [5.74, 6) is -0.164. The first kappa shape index (κ1) is 15.9. The Morgan fingerprint density at radius 1 is 1.19 bits per heavy atom. The van der Waals surface area contributed by atoms with E-state index in [1.807, 2.05) is 43.4 Å². The summed E-state index contributed by atoms with van der Waals surface area (Å²) in [6.45, 7) is 1.27. The molecule has 110 valence electrons. The van der Waals surface area contributed by atoms with Gasteiger partial charge in [0, 0.05) is 30.3 Å². The maximum Gasteiger partial charge on any atom is 0.252 e. The van der Waals surface area contributed by atoms with Gasteiger partial charge in [0.25, 0.3) is 5.91 Å². The van der Waals surface area contributed by atoms with Gasteiger partial charge in [0.05, 0.1) is 10.6 Å². The van der Waals surface area contributed by atoms with E-state index >= 15 is 0 Å². The fourth-order valence-corrected chi connectivity index (χ4v) is 2.50. The third-order valence-electron chi connectivity index (χ3n) is 3.13. The second-order valence-corrected chi connectivity index (χ2v) is 5.85. The summed E-state index contributed by atoms with van der Waals surface area (Å²) in [4.78, 5) is 14.2. The van der Waals surface area contributed by atoms with Crippen LogP contribution in [0.1, 0.15) is 10.4 Å². The Labute approximate surface area is 138 Å². The summed E-state index contributed by atoms with van der Waals surface area (Å²) in [5.41, 5.74) is 1.60. The van der Waals surface area contributed by atoms with Crippen LogP contribution in [0.25, 0.3) is 0 Å². The summed E-state index contributed by atoms with van der Waals surface area (Å²) in [6, 6.07) is 15.3. The molecule has 21 heavy (non-hydrogen) atoms. The van der Waals surface area contributed by atoms with Crippen LogP contribution < -0.4 is 10.2 Å². The number of para-hydroxylation sites is 1. The van der Waals surface area contributed by atoms with Gasteiger partial charge in [-0.05, 0) is 40.2 Å². The summed E-state index contributed by atoms with van der Waals surface area (Å²) >= 11 is 9.42. The Morgan fingerprint density at radius 3 is 2.62 bits per heavy atom. The maximum atomic E-state index is 12.1. The van der Waals surface area contributed by atoms with Gasteiger partial charge in [0.1, 0.15) is 0 Å². The van der Waals surface area contributed by atoms with E-state index in [4.69, 9.17) is 11.6 Å². The van der Waals surface area contributed by atoms with Crippen molar-refractivity contribution in [2.45, 2.75) is 0 Å². The van der Waals surface area contributed by atoms with Crippen molar-refractivity contribution in [2.75, 3.05) is 25.0 Å². The largest absolute Gasteiger partial charge is 0.373 e. The molecule has 0 unspecified atom stereocenters. The summed E-state index contributed by atoms with van der Waals surface area (Å²) in [6.07, 6.45) is 0. The first-order chi connectivity index (χ1) is 10.1. The van der Waals surface area contributed by atoms with Crippen molar-refractivity contribution in [3.8, 4) is 0 Å². The minimum atomic E-state index is -0.164. The van der Waals surface area contributed by atoms with Gasteiger partial charge in [0.2, 0.25) is 0 Å². The molecule has 0 spiro atoms. The minimum absolute atomic E-state index is 0.164. The van der Waals surface area contributed by atoms with Crippen LogP contribution in [-0.2, 0) is 0 Å². The van der Waals surface area contributed by atoms with Crippen molar-refractivity contribution in [1.29, 1.82) is 0 Å². The molecule has 2 aromatic carbocycles. The molecule has 0 aromatic heterocycles. The number of anilines is 1. The third-order valence-corrected chi connectivity index (χ3v) is 4.42.